The van der Waals surface area contributed by atoms with Crippen LogP contribution in [0.5, 0.6) is 0 Å². The number of esters is 1. The molecule has 12 heteroatoms. The number of rotatable bonds is 16. The van der Waals surface area contributed by atoms with Crippen molar-refractivity contribution in [2.45, 2.75) is 58.6 Å². The maximum Gasteiger partial charge on any atom is 0.345 e. The molecular weight excluding hydrogens is 464 g/mol. The summed E-state index contributed by atoms with van der Waals surface area (Å²) in [6, 6.07) is 5.99. The zero-order chi connectivity index (χ0) is 25.7. The first kappa shape index (κ1) is 29.5. The molecule has 0 spiro atoms. The van der Waals surface area contributed by atoms with Crippen molar-refractivity contribution in [3.8, 4) is 0 Å². The van der Waals surface area contributed by atoms with Gasteiger partial charge >= 0.3 is 19.2 Å². The van der Waals surface area contributed by atoms with Crippen molar-refractivity contribution < 1.29 is 46.2 Å². The molecule has 1 rings (SSSR count). The molecular formula is C22H30F4N2O6. The quantitative estimate of drug-likeness (QED) is 0.268. The number of benzene rings is 1. The van der Waals surface area contributed by atoms with Crippen LogP contribution in [0, 0.1) is 11.8 Å². The summed E-state index contributed by atoms with van der Waals surface area (Å²) in [6.07, 6.45) is -0.421. The number of halogens is 4. The second kappa shape index (κ2) is 15.4. The molecule has 192 valence electrons. The average Bonchev–Trinajstić information content (AvgIpc) is 2.78. The van der Waals surface area contributed by atoms with Gasteiger partial charge in [-0.15, -0.1) is 0 Å². The van der Waals surface area contributed by atoms with Gasteiger partial charge in [0, 0.05) is 6.42 Å². The van der Waals surface area contributed by atoms with Crippen molar-refractivity contribution in [2.24, 2.45) is 17.6 Å². The third-order valence-electron chi connectivity index (χ3n) is 4.58. The summed E-state index contributed by atoms with van der Waals surface area (Å²) >= 11 is 0. The van der Waals surface area contributed by atoms with Crippen LogP contribution in [0.3, 0.4) is 0 Å². The Hall–Kier alpha value is -2.57. The highest BCUT2D eigenvalue weighted by atomic mass is 19.3. The molecule has 0 unspecified atom stereocenters. The number of nitrogens with one attached hydrogen (secondary N) is 1. The van der Waals surface area contributed by atoms with Crippen molar-refractivity contribution >= 4 is 17.7 Å². The number of ether oxygens (including phenoxy) is 3. The van der Waals surface area contributed by atoms with Gasteiger partial charge in [-0.1, -0.05) is 44.2 Å². The zero-order valence-corrected chi connectivity index (χ0v) is 18.9. The van der Waals surface area contributed by atoms with E-state index in [0.717, 1.165) is 0 Å². The average molecular weight is 494 g/mol. The van der Waals surface area contributed by atoms with E-state index >= 15 is 0 Å². The third-order valence-corrected chi connectivity index (χ3v) is 4.58. The van der Waals surface area contributed by atoms with E-state index in [1.807, 2.05) is 0 Å². The molecule has 3 N–H and O–H groups in total. The lowest BCUT2D eigenvalue weighted by Crippen LogP contribution is -2.51. The first-order valence-electron chi connectivity index (χ1n) is 10.6. The summed E-state index contributed by atoms with van der Waals surface area (Å²) in [4.78, 5) is 37.6. The predicted octanol–water partition coefficient (Wildman–Crippen LogP) is 2.64. The molecule has 34 heavy (non-hydrogen) atoms. The van der Waals surface area contributed by atoms with E-state index in [2.05, 4.69) is 14.8 Å². The van der Waals surface area contributed by atoms with E-state index < -0.39 is 68.5 Å². The molecule has 0 aliphatic heterocycles. The van der Waals surface area contributed by atoms with Gasteiger partial charge in [0.15, 0.2) is 5.78 Å². The van der Waals surface area contributed by atoms with Crippen LogP contribution in [-0.2, 0) is 35.2 Å². The third kappa shape index (κ3) is 12.1. The Labute approximate surface area is 195 Å². The van der Waals surface area contributed by atoms with Gasteiger partial charge in [-0.3, -0.25) is 14.4 Å². The first-order chi connectivity index (χ1) is 16.0. The molecule has 0 bridgehead atoms. The van der Waals surface area contributed by atoms with Crippen LogP contribution in [0.4, 0.5) is 17.6 Å². The number of ketones is 1. The highest BCUT2D eigenvalue weighted by molar-refractivity contribution is 5.92. The molecule has 0 aromatic heterocycles. The van der Waals surface area contributed by atoms with Gasteiger partial charge in [0.25, 0.3) is 0 Å². The van der Waals surface area contributed by atoms with Crippen LogP contribution in [-0.4, -0.2) is 56.2 Å². The molecule has 1 aromatic carbocycles. The summed E-state index contributed by atoms with van der Waals surface area (Å²) < 4.78 is 62.9. The smallest absolute Gasteiger partial charge is 0.345 e. The molecule has 0 aliphatic rings. The van der Waals surface area contributed by atoms with Gasteiger partial charge in [0.05, 0.1) is 25.2 Å². The number of carbonyl (C=O) groups excluding carboxylic acids is 3. The lowest BCUT2D eigenvalue weighted by molar-refractivity contribution is -0.166. The number of alkyl halides is 4. The van der Waals surface area contributed by atoms with Crippen LogP contribution >= 0.6 is 0 Å². The van der Waals surface area contributed by atoms with Crippen LogP contribution in [0.1, 0.15) is 32.3 Å². The summed E-state index contributed by atoms with van der Waals surface area (Å²) in [5.41, 5.74) is 6.16. The van der Waals surface area contributed by atoms with E-state index in [4.69, 9.17) is 10.5 Å². The molecule has 0 aliphatic carbocycles. The maximum atomic E-state index is 12.9. The van der Waals surface area contributed by atoms with Crippen LogP contribution in [0.25, 0.3) is 0 Å². The van der Waals surface area contributed by atoms with E-state index in [9.17, 15) is 31.9 Å². The summed E-state index contributed by atoms with van der Waals surface area (Å²) in [6.45, 7) is -4.45. The Balaban J connectivity index is 2.85. The lowest BCUT2D eigenvalue weighted by Gasteiger charge is -2.23. The molecule has 0 heterocycles. The fourth-order valence-corrected chi connectivity index (χ4v) is 2.90. The van der Waals surface area contributed by atoms with Crippen molar-refractivity contribution in [2.75, 3.05) is 13.2 Å². The highest BCUT2D eigenvalue weighted by Gasteiger charge is 2.31. The standard InChI is InChI=1S/C22H30F4N2O6/c1-13(2)8-17(28-19(30)16(27)12-34-22(25)26)18(29)9-15(11-33-21(23)24)20(31)32-10-14-6-4-3-5-7-14/h3-7,13,15-17,21-22H,8-12,27H2,1-2H3,(H,28,30)/t15-,16-,17-/m0/s1. The number of amides is 1. The van der Waals surface area contributed by atoms with Crippen LogP contribution < -0.4 is 11.1 Å². The Morgan fingerprint density at radius 3 is 2.12 bits per heavy atom. The lowest BCUT2D eigenvalue weighted by atomic mass is 9.93. The zero-order valence-electron chi connectivity index (χ0n) is 18.9. The number of hydrogen-bond donors (Lipinski definition) is 2. The summed E-state index contributed by atoms with van der Waals surface area (Å²) in [5, 5.41) is 2.36. The van der Waals surface area contributed by atoms with Gasteiger partial charge in [-0.25, -0.2) is 0 Å². The van der Waals surface area contributed by atoms with Gasteiger partial charge < -0.3 is 25.3 Å². The topological polar surface area (TPSA) is 117 Å². The van der Waals surface area contributed by atoms with Crippen LogP contribution in [0.2, 0.25) is 0 Å². The van der Waals surface area contributed by atoms with E-state index in [-0.39, 0.29) is 18.9 Å². The van der Waals surface area contributed by atoms with Gasteiger partial charge in [-0.05, 0) is 17.9 Å². The number of carbonyl (C=O) groups is 3. The van der Waals surface area contributed by atoms with E-state index in [1.54, 1.807) is 44.2 Å². The predicted molar refractivity (Wildman–Crippen MR) is 113 cm³/mol. The fraction of sp³-hybridized carbons (Fsp3) is 0.591. The first-order valence-corrected chi connectivity index (χ1v) is 10.6. The van der Waals surface area contributed by atoms with Gasteiger partial charge in [0.1, 0.15) is 12.6 Å². The van der Waals surface area contributed by atoms with E-state index in [0.29, 0.717) is 5.56 Å². The Morgan fingerprint density at radius 2 is 1.56 bits per heavy atom. The summed E-state index contributed by atoms with van der Waals surface area (Å²) in [7, 11) is 0. The van der Waals surface area contributed by atoms with Gasteiger partial charge in [0.2, 0.25) is 5.91 Å². The minimum atomic E-state index is -3.17. The highest BCUT2D eigenvalue weighted by Crippen LogP contribution is 2.16. The van der Waals surface area contributed by atoms with Crippen LogP contribution in [0.15, 0.2) is 30.3 Å². The molecule has 1 aromatic rings. The second-order valence-electron chi connectivity index (χ2n) is 7.95. The molecule has 0 radical (unpaired) electrons. The number of hydrogen-bond acceptors (Lipinski definition) is 7. The second-order valence-corrected chi connectivity index (χ2v) is 7.95. The molecule has 8 nitrogen and oxygen atoms in total. The molecule has 0 saturated heterocycles. The van der Waals surface area contributed by atoms with Crippen molar-refractivity contribution in [3.63, 3.8) is 0 Å². The normalized spacial score (nSPS) is 14.2. The van der Waals surface area contributed by atoms with Crippen molar-refractivity contribution in [1.82, 2.24) is 5.32 Å². The SMILES string of the molecule is CC(C)C[C@H](NC(=O)[C@@H](N)COC(F)F)C(=O)C[C@@H](COC(F)F)C(=O)OCc1ccccc1. The molecule has 0 fully saturated rings. The number of Topliss-reactive ketones (excluding diaryl/α,β-unsaturated/α-hetero) is 1. The fourth-order valence-electron chi connectivity index (χ4n) is 2.90. The molecule has 3 atom stereocenters. The monoisotopic (exact) mass is 494 g/mol. The van der Waals surface area contributed by atoms with E-state index in [1.165, 1.54) is 0 Å². The Kier molecular flexibility index (Phi) is 13.3. The Bertz CT molecular complexity index is 767. The minimum Gasteiger partial charge on any atom is -0.461 e. The largest absolute Gasteiger partial charge is 0.461 e. The van der Waals surface area contributed by atoms with Crippen molar-refractivity contribution in [1.29, 1.82) is 0 Å². The minimum absolute atomic E-state index is 0.0939. The summed E-state index contributed by atoms with van der Waals surface area (Å²) in [5.74, 6) is -3.93. The van der Waals surface area contributed by atoms with Crippen molar-refractivity contribution in [3.05, 3.63) is 35.9 Å². The maximum absolute atomic E-state index is 12.9. The van der Waals surface area contributed by atoms with Gasteiger partial charge in [-0.2, -0.15) is 17.6 Å². The number of nitrogens with two attached hydrogens (primary N) is 1. The molecule has 0 saturated carbocycles. The molecule has 1 amide bonds. The Morgan fingerprint density at radius 1 is 0.971 bits per heavy atom.